The molecule has 8 aromatic carbocycles. The summed E-state index contributed by atoms with van der Waals surface area (Å²) in [5.41, 5.74) is 9.50. The predicted octanol–water partition coefficient (Wildman–Crippen LogP) is 11.9. The third-order valence-corrected chi connectivity index (χ3v) is 10.1. The van der Waals surface area contributed by atoms with Crippen LogP contribution in [0.1, 0.15) is 0 Å². The van der Waals surface area contributed by atoms with E-state index in [0.29, 0.717) is 17.5 Å². The fourth-order valence-electron chi connectivity index (χ4n) is 7.85. The van der Waals surface area contributed by atoms with Crippen molar-refractivity contribution in [3.8, 4) is 56.4 Å². The van der Waals surface area contributed by atoms with E-state index < -0.39 is 0 Å². The van der Waals surface area contributed by atoms with Gasteiger partial charge in [0.25, 0.3) is 0 Å². The molecule has 0 bridgehead atoms. The van der Waals surface area contributed by atoms with Gasteiger partial charge in [-0.05, 0) is 78.8 Å². The zero-order valence-electron chi connectivity index (χ0n) is 26.2. The number of hydrogen-bond acceptors (Lipinski definition) is 4. The average molecular weight is 624 g/mol. The van der Waals surface area contributed by atoms with Gasteiger partial charge in [-0.15, -0.1) is 0 Å². The summed E-state index contributed by atoms with van der Waals surface area (Å²) in [6, 6.07) is 53.2. The van der Waals surface area contributed by atoms with Crippen LogP contribution in [0.15, 0.2) is 156 Å². The Labute approximate surface area is 281 Å². The van der Waals surface area contributed by atoms with Crippen molar-refractivity contribution in [2.24, 2.45) is 0 Å². The van der Waals surface area contributed by atoms with Gasteiger partial charge in [-0.25, -0.2) is 15.0 Å². The number of aromatic nitrogens is 3. The molecule has 2 aromatic heterocycles. The zero-order valence-corrected chi connectivity index (χ0v) is 26.2. The summed E-state index contributed by atoms with van der Waals surface area (Å²) in [5, 5.41) is 9.19. The molecule has 10 aromatic rings. The van der Waals surface area contributed by atoms with E-state index >= 15 is 0 Å². The monoisotopic (exact) mass is 623 g/mol. The quantitative estimate of drug-likeness (QED) is 0.184. The highest BCUT2D eigenvalue weighted by Crippen LogP contribution is 2.49. The van der Waals surface area contributed by atoms with Crippen LogP contribution < -0.4 is 0 Å². The van der Waals surface area contributed by atoms with Gasteiger partial charge in [0.1, 0.15) is 11.2 Å². The van der Waals surface area contributed by atoms with Crippen LogP contribution in [0.4, 0.5) is 0 Å². The van der Waals surface area contributed by atoms with Crippen molar-refractivity contribution in [2.45, 2.75) is 0 Å². The summed E-state index contributed by atoms with van der Waals surface area (Å²) in [5.74, 6) is 1.89. The molecule has 1 aliphatic carbocycles. The molecule has 0 unspecified atom stereocenters. The molecule has 4 nitrogen and oxygen atoms in total. The Morgan fingerprint density at radius 1 is 0.327 bits per heavy atom. The Hall–Kier alpha value is -6.65. The molecular weight excluding hydrogens is 599 g/mol. The van der Waals surface area contributed by atoms with Crippen molar-refractivity contribution in [1.29, 1.82) is 0 Å². The van der Waals surface area contributed by atoms with Crippen molar-refractivity contribution in [2.75, 3.05) is 0 Å². The van der Waals surface area contributed by atoms with Crippen LogP contribution in [0.5, 0.6) is 0 Å². The fraction of sp³-hybridized carbons (Fsp3) is 0. The second kappa shape index (κ2) is 9.93. The Bertz CT molecular complexity index is 2970. The highest BCUT2D eigenvalue weighted by Gasteiger charge is 2.24. The lowest BCUT2D eigenvalue weighted by Crippen LogP contribution is -2.01. The van der Waals surface area contributed by atoms with Crippen LogP contribution in [0.2, 0.25) is 0 Å². The number of fused-ring (bicyclic) bond motifs is 9. The topological polar surface area (TPSA) is 51.8 Å². The average Bonchev–Trinajstić information content (AvgIpc) is 3.70. The molecule has 1 aliphatic rings. The molecule has 0 spiro atoms. The standard InChI is InChI=1S/C45H25N3O/c1-2-11-27(12-3-1)43-46-44(35-23-22-34-31-15-7-6-14-30(31)32-16-8-17-33(35)41(32)34)48-45(47-43)36-18-9-19-39-42(36)38-25-37-28(24-40(38)49-39)21-20-26-10-4-5-13-29(26)37/h1-25H. The maximum absolute atomic E-state index is 6.52. The highest BCUT2D eigenvalue weighted by molar-refractivity contribution is 6.20. The van der Waals surface area contributed by atoms with Gasteiger partial charge in [0.15, 0.2) is 17.5 Å². The molecule has 0 atom stereocenters. The maximum Gasteiger partial charge on any atom is 0.164 e. The smallest absolute Gasteiger partial charge is 0.164 e. The normalized spacial score (nSPS) is 12.1. The van der Waals surface area contributed by atoms with Crippen molar-refractivity contribution in [3.63, 3.8) is 0 Å². The van der Waals surface area contributed by atoms with E-state index in [4.69, 9.17) is 19.4 Å². The molecule has 4 heteroatoms. The number of nitrogens with zero attached hydrogens (tertiary/aromatic N) is 3. The minimum Gasteiger partial charge on any atom is -0.456 e. The molecule has 0 fully saturated rings. The molecule has 11 rings (SSSR count). The molecule has 49 heavy (non-hydrogen) atoms. The second-order valence-corrected chi connectivity index (χ2v) is 12.7. The van der Waals surface area contributed by atoms with E-state index in [0.717, 1.165) is 49.4 Å². The second-order valence-electron chi connectivity index (χ2n) is 12.7. The van der Waals surface area contributed by atoms with Crippen LogP contribution in [0.3, 0.4) is 0 Å². The Balaban J connectivity index is 1.19. The Morgan fingerprint density at radius 3 is 1.84 bits per heavy atom. The van der Waals surface area contributed by atoms with Crippen molar-refractivity contribution in [1.82, 2.24) is 15.0 Å². The van der Waals surface area contributed by atoms with Crippen LogP contribution in [0.25, 0.3) is 111 Å². The first-order valence-electron chi connectivity index (χ1n) is 16.5. The molecule has 0 radical (unpaired) electrons. The lowest BCUT2D eigenvalue weighted by atomic mass is 9.97. The van der Waals surface area contributed by atoms with E-state index in [1.165, 1.54) is 43.8 Å². The largest absolute Gasteiger partial charge is 0.456 e. The van der Waals surface area contributed by atoms with E-state index in [1.54, 1.807) is 0 Å². The van der Waals surface area contributed by atoms with Gasteiger partial charge in [-0.3, -0.25) is 0 Å². The van der Waals surface area contributed by atoms with Gasteiger partial charge in [0.2, 0.25) is 0 Å². The summed E-state index contributed by atoms with van der Waals surface area (Å²) in [6.07, 6.45) is 0. The molecule has 226 valence electrons. The van der Waals surface area contributed by atoms with E-state index in [1.807, 2.05) is 30.3 Å². The van der Waals surface area contributed by atoms with E-state index in [9.17, 15) is 0 Å². The van der Waals surface area contributed by atoms with Crippen molar-refractivity contribution >= 4 is 54.3 Å². The van der Waals surface area contributed by atoms with Gasteiger partial charge in [-0.2, -0.15) is 0 Å². The maximum atomic E-state index is 6.52. The summed E-state index contributed by atoms with van der Waals surface area (Å²) < 4.78 is 6.52. The predicted molar refractivity (Wildman–Crippen MR) is 200 cm³/mol. The first kappa shape index (κ1) is 26.4. The van der Waals surface area contributed by atoms with Crippen molar-refractivity contribution in [3.05, 3.63) is 152 Å². The van der Waals surface area contributed by atoms with Gasteiger partial charge in [0, 0.05) is 27.5 Å². The molecule has 0 saturated heterocycles. The summed E-state index contributed by atoms with van der Waals surface area (Å²) in [4.78, 5) is 15.5. The lowest BCUT2D eigenvalue weighted by molar-refractivity contribution is 0.669. The Morgan fingerprint density at radius 2 is 0.959 bits per heavy atom. The van der Waals surface area contributed by atoms with E-state index in [-0.39, 0.29) is 0 Å². The van der Waals surface area contributed by atoms with Gasteiger partial charge in [-0.1, -0.05) is 127 Å². The molecule has 0 N–H and O–H groups in total. The van der Waals surface area contributed by atoms with Gasteiger partial charge in [0.05, 0.1) is 0 Å². The van der Waals surface area contributed by atoms with E-state index in [2.05, 4.69) is 121 Å². The summed E-state index contributed by atoms with van der Waals surface area (Å²) in [7, 11) is 0. The van der Waals surface area contributed by atoms with Crippen LogP contribution in [0, 0.1) is 0 Å². The minimum absolute atomic E-state index is 0.613. The Kier molecular flexibility index (Phi) is 5.35. The molecule has 0 amide bonds. The van der Waals surface area contributed by atoms with Gasteiger partial charge >= 0.3 is 0 Å². The molecule has 2 heterocycles. The molecule has 0 saturated carbocycles. The summed E-state index contributed by atoms with van der Waals surface area (Å²) in [6.45, 7) is 0. The number of rotatable bonds is 3. The van der Waals surface area contributed by atoms with Gasteiger partial charge < -0.3 is 4.42 Å². The first-order chi connectivity index (χ1) is 24.3. The fourth-order valence-corrected chi connectivity index (χ4v) is 7.85. The summed E-state index contributed by atoms with van der Waals surface area (Å²) >= 11 is 0. The highest BCUT2D eigenvalue weighted by atomic mass is 16.3. The van der Waals surface area contributed by atoms with Crippen LogP contribution in [-0.4, -0.2) is 15.0 Å². The van der Waals surface area contributed by atoms with Crippen LogP contribution in [-0.2, 0) is 0 Å². The minimum atomic E-state index is 0.613. The number of benzene rings is 8. The van der Waals surface area contributed by atoms with Crippen LogP contribution >= 0.6 is 0 Å². The third kappa shape index (κ3) is 3.83. The third-order valence-electron chi connectivity index (χ3n) is 10.1. The lowest BCUT2D eigenvalue weighted by Gasteiger charge is -2.12. The number of furan rings is 1. The molecular formula is C45H25N3O. The SMILES string of the molecule is c1ccc(-c2nc(-c3ccc4c5c(cccc35)-c3ccccc3-4)nc(-c3cccc4oc5cc6ccc7ccccc7c6cc5c34)n2)cc1. The number of hydrogen-bond donors (Lipinski definition) is 0. The molecule has 0 aliphatic heterocycles. The first-order valence-corrected chi connectivity index (χ1v) is 16.5. The zero-order chi connectivity index (χ0) is 32.1. The van der Waals surface area contributed by atoms with Crippen molar-refractivity contribution < 1.29 is 4.42 Å².